The normalized spacial score (nSPS) is 10.6. The van der Waals surface area contributed by atoms with Crippen molar-refractivity contribution in [1.29, 1.82) is 0 Å². The van der Waals surface area contributed by atoms with E-state index in [2.05, 4.69) is 20.2 Å². The van der Waals surface area contributed by atoms with E-state index < -0.39 is 0 Å². The molecule has 2 aromatic rings. The van der Waals surface area contributed by atoms with Crippen molar-refractivity contribution >= 4 is 39.5 Å². The summed E-state index contributed by atoms with van der Waals surface area (Å²) in [6.07, 6.45) is 1.80. The van der Waals surface area contributed by atoms with Crippen molar-refractivity contribution in [1.82, 2.24) is 15.3 Å². The largest absolute Gasteiger partial charge is 0.382 e. The van der Waals surface area contributed by atoms with Crippen LogP contribution < -0.4 is 16.0 Å². The Morgan fingerprint density at radius 2 is 2.10 bits per heavy atom. The van der Waals surface area contributed by atoms with Gasteiger partial charge in [0.25, 0.3) is 5.91 Å². The minimum absolute atomic E-state index is 0.198. The summed E-state index contributed by atoms with van der Waals surface area (Å²) in [7, 11) is 0. The van der Waals surface area contributed by atoms with Crippen LogP contribution in [-0.4, -0.2) is 29.0 Å². The molecule has 1 amide bonds. The summed E-state index contributed by atoms with van der Waals surface area (Å²) in [4.78, 5) is 24.4. The molecule has 0 unspecified atom stereocenters. The van der Waals surface area contributed by atoms with Crippen LogP contribution in [0.4, 0.5) is 10.9 Å². The fourth-order valence-corrected chi connectivity index (χ4v) is 3.59. The lowest BCUT2D eigenvalue weighted by atomic mass is 10.4. The molecule has 0 aliphatic rings. The molecule has 0 saturated carbocycles. The Labute approximate surface area is 132 Å². The number of hydrogen-bond donors (Lipinski definition) is 2. The van der Waals surface area contributed by atoms with Crippen molar-refractivity contribution in [2.45, 2.75) is 27.3 Å². The molecule has 0 atom stereocenters. The average Bonchev–Trinajstić information content (AvgIpc) is 3.04. The number of carbonyl (C=O) groups excluding carboxylic acids is 1. The number of anilines is 2. The third-order valence-electron chi connectivity index (χ3n) is 2.95. The third-order valence-corrected chi connectivity index (χ3v) is 5.00. The van der Waals surface area contributed by atoms with Crippen LogP contribution in [0.15, 0.2) is 6.20 Å². The first-order valence-electron chi connectivity index (χ1n) is 6.75. The molecule has 0 bridgehead atoms. The van der Waals surface area contributed by atoms with Gasteiger partial charge in [-0.2, -0.15) is 0 Å². The van der Waals surface area contributed by atoms with Gasteiger partial charge in [-0.05, 0) is 20.8 Å². The number of aromatic nitrogens is 2. The standard InChI is InChI=1S/C13H19N5OS2/c1-4-18(5-2)13-17-11(14)10(21-13)12(19)16-7-9-15-6-8(3)20-9/h6H,4-5,7,14H2,1-3H3,(H,16,19). The number of carbonyl (C=O) groups is 1. The maximum Gasteiger partial charge on any atom is 0.265 e. The van der Waals surface area contributed by atoms with Gasteiger partial charge in [0.2, 0.25) is 0 Å². The highest BCUT2D eigenvalue weighted by Crippen LogP contribution is 2.28. The van der Waals surface area contributed by atoms with E-state index in [0.717, 1.165) is 28.1 Å². The van der Waals surface area contributed by atoms with Crippen molar-refractivity contribution in [3.63, 3.8) is 0 Å². The van der Waals surface area contributed by atoms with Gasteiger partial charge in [0.05, 0.1) is 6.54 Å². The number of nitrogens with one attached hydrogen (secondary N) is 1. The van der Waals surface area contributed by atoms with Crippen molar-refractivity contribution in [3.8, 4) is 0 Å². The van der Waals surface area contributed by atoms with Gasteiger partial charge < -0.3 is 16.0 Å². The fourth-order valence-electron chi connectivity index (χ4n) is 1.83. The summed E-state index contributed by atoms with van der Waals surface area (Å²) in [6.45, 7) is 8.17. The van der Waals surface area contributed by atoms with Crippen LogP contribution in [0.5, 0.6) is 0 Å². The van der Waals surface area contributed by atoms with Crippen LogP contribution >= 0.6 is 22.7 Å². The predicted molar refractivity (Wildman–Crippen MR) is 88.1 cm³/mol. The highest BCUT2D eigenvalue weighted by molar-refractivity contribution is 7.18. The molecule has 0 aliphatic carbocycles. The summed E-state index contributed by atoms with van der Waals surface area (Å²) < 4.78 is 0. The number of thiazole rings is 2. The van der Waals surface area contributed by atoms with Crippen LogP contribution in [0.1, 0.15) is 33.4 Å². The second kappa shape index (κ2) is 6.86. The molecule has 3 N–H and O–H groups in total. The minimum atomic E-state index is -0.198. The van der Waals surface area contributed by atoms with E-state index in [1.165, 1.54) is 11.3 Å². The molecular weight excluding hydrogens is 306 g/mol. The van der Waals surface area contributed by atoms with E-state index >= 15 is 0 Å². The quantitative estimate of drug-likeness (QED) is 0.851. The van der Waals surface area contributed by atoms with Crippen LogP contribution in [0, 0.1) is 6.92 Å². The van der Waals surface area contributed by atoms with E-state index in [0.29, 0.717) is 11.4 Å². The molecular formula is C13H19N5OS2. The van der Waals surface area contributed by atoms with Gasteiger partial charge in [-0.25, -0.2) is 9.97 Å². The minimum Gasteiger partial charge on any atom is -0.382 e. The van der Waals surface area contributed by atoms with Crippen LogP contribution in [0.2, 0.25) is 0 Å². The van der Waals surface area contributed by atoms with E-state index in [-0.39, 0.29) is 11.7 Å². The third kappa shape index (κ3) is 3.70. The monoisotopic (exact) mass is 325 g/mol. The maximum atomic E-state index is 12.2. The van der Waals surface area contributed by atoms with Gasteiger partial charge in [-0.15, -0.1) is 11.3 Å². The van der Waals surface area contributed by atoms with Crippen LogP contribution in [-0.2, 0) is 6.54 Å². The molecule has 2 heterocycles. The van der Waals surface area contributed by atoms with Gasteiger partial charge >= 0.3 is 0 Å². The summed E-state index contributed by atoms with van der Waals surface area (Å²) in [6, 6.07) is 0. The van der Waals surface area contributed by atoms with Gasteiger partial charge in [0.15, 0.2) is 5.13 Å². The van der Waals surface area contributed by atoms with Gasteiger partial charge in [0.1, 0.15) is 15.7 Å². The zero-order valence-corrected chi connectivity index (χ0v) is 14.0. The second-order valence-electron chi connectivity index (χ2n) is 4.43. The van der Waals surface area contributed by atoms with Crippen LogP contribution in [0.3, 0.4) is 0 Å². The predicted octanol–water partition coefficient (Wildman–Crippen LogP) is 2.27. The molecule has 2 rings (SSSR count). The van der Waals surface area contributed by atoms with Gasteiger partial charge in [-0.3, -0.25) is 4.79 Å². The van der Waals surface area contributed by atoms with E-state index in [1.807, 2.05) is 20.8 Å². The van der Waals surface area contributed by atoms with Crippen molar-refractivity contribution in [2.24, 2.45) is 0 Å². The highest BCUT2D eigenvalue weighted by atomic mass is 32.1. The summed E-state index contributed by atoms with van der Waals surface area (Å²) in [5, 5.41) is 4.51. The molecule has 0 spiro atoms. The Morgan fingerprint density at radius 1 is 1.38 bits per heavy atom. The fraction of sp³-hybridized carbons (Fsp3) is 0.462. The Morgan fingerprint density at radius 3 is 2.67 bits per heavy atom. The first-order valence-corrected chi connectivity index (χ1v) is 8.39. The average molecular weight is 325 g/mol. The van der Waals surface area contributed by atoms with E-state index in [1.54, 1.807) is 17.5 Å². The smallest absolute Gasteiger partial charge is 0.265 e. The molecule has 0 aliphatic heterocycles. The lowest BCUT2D eigenvalue weighted by molar-refractivity contribution is 0.0955. The molecule has 0 fully saturated rings. The van der Waals surface area contributed by atoms with Crippen LogP contribution in [0.25, 0.3) is 0 Å². The Bertz CT molecular complexity index is 618. The molecule has 114 valence electrons. The molecule has 8 heteroatoms. The van der Waals surface area contributed by atoms with Gasteiger partial charge in [0, 0.05) is 24.2 Å². The van der Waals surface area contributed by atoms with Crippen molar-refractivity contribution < 1.29 is 4.79 Å². The SMILES string of the molecule is CCN(CC)c1nc(N)c(C(=O)NCc2ncc(C)s2)s1. The Balaban J connectivity index is 2.05. The van der Waals surface area contributed by atoms with E-state index in [9.17, 15) is 4.79 Å². The lowest BCUT2D eigenvalue weighted by Crippen LogP contribution is -2.22. The molecule has 0 aromatic carbocycles. The number of hydrogen-bond acceptors (Lipinski definition) is 7. The summed E-state index contributed by atoms with van der Waals surface area (Å²) >= 11 is 2.89. The molecule has 0 saturated heterocycles. The molecule has 0 radical (unpaired) electrons. The molecule has 6 nitrogen and oxygen atoms in total. The number of nitrogens with two attached hydrogens (primary N) is 1. The number of aryl methyl sites for hydroxylation is 1. The number of nitrogen functional groups attached to an aromatic ring is 1. The van der Waals surface area contributed by atoms with E-state index in [4.69, 9.17) is 5.73 Å². The number of rotatable bonds is 6. The first-order chi connectivity index (χ1) is 10.0. The first kappa shape index (κ1) is 15.7. The highest BCUT2D eigenvalue weighted by Gasteiger charge is 2.18. The summed E-state index contributed by atoms with van der Waals surface area (Å²) in [5.41, 5.74) is 5.86. The van der Waals surface area contributed by atoms with Gasteiger partial charge in [-0.1, -0.05) is 11.3 Å². The maximum absolute atomic E-state index is 12.2. The van der Waals surface area contributed by atoms with Crippen molar-refractivity contribution in [3.05, 3.63) is 21.0 Å². The topological polar surface area (TPSA) is 84.1 Å². The Hall–Kier alpha value is -1.67. The lowest BCUT2D eigenvalue weighted by Gasteiger charge is -2.16. The molecule has 21 heavy (non-hydrogen) atoms. The molecule has 2 aromatic heterocycles. The number of amides is 1. The summed E-state index contributed by atoms with van der Waals surface area (Å²) in [5.74, 6) is 0.0889. The zero-order valence-electron chi connectivity index (χ0n) is 12.3. The zero-order chi connectivity index (χ0) is 15.4. The Kier molecular flexibility index (Phi) is 5.13. The van der Waals surface area contributed by atoms with Crippen molar-refractivity contribution in [2.75, 3.05) is 23.7 Å². The second-order valence-corrected chi connectivity index (χ2v) is 6.73. The number of nitrogens with zero attached hydrogens (tertiary/aromatic N) is 3.